The molecule has 0 saturated carbocycles. The lowest BCUT2D eigenvalue weighted by molar-refractivity contribution is 0.208. The third-order valence-corrected chi connectivity index (χ3v) is 3.74. The fraction of sp³-hybridized carbons (Fsp3) is 0.867. The lowest BCUT2D eigenvalue weighted by Gasteiger charge is -2.30. The summed E-state index contributed by atoms with van der Waals surface area (Å²) in [6.45, 7) is 8.48. The number of aryl methyl sites for hydroxylation is 1. The van der Waals surface area contributed by atoms with Gasteiger partial charge in [0.1, 0.15) is 0 Å². The van der Waals surface area contributed by atoms with Gasteiger partial charge in [-0.15, -0.1) is 0 Å². The number of aromatic nitrogens is 2. The van der Waals surface area contributed by atoms with Crippen molar-refractivity contribution in [3.8, 4) is 0 Å². The minimum atomic E-state index is 0.271. The van der Waals surface area contributed by atoms with Gasteiger partial charge in [0.2, 0.25) is 5.89 Å². The Labute approximate surface area is 122 Å². The predicted octanol–water partition coefficient (Wildman–Crippen LogP) is 2.12. The van der Waals surface area contributed by atoms with Crippen LogP contribution < -0.4 is 5.73 Å². The van der Waals surface area contributed by atoms with E-state index in [1.54, 1.807) is 0 Å². The molecule has 1 rings (SSSR count). The molecule has 5 heteroatoms. The minimum Gasteiger partial charge on any atom is -0.339 e. The summed E-state index contributed by atoms with van der Waals surface area (Å²) in [5.41, 5.74) is 5.98. The highest BCUT2D eigenvalue weighted by atomic mass is 16.5. The molecule has 0 spiro atoms. The molecule has 0 aromatic carbocycles. The molecule has 0 bridgehead atoms. The molecule has 1 unspecified atom stereocenters. The zero-order valence-electron chi connectivity index (χ0n) is 13.6. The summed E-state index contributed by atoms with van der Waals surface area (Å²) in [6, 6.07) is 0. The van der Waals surface area contributed by atoms with Gasteiger partial charge in [-0.05, 0) is 44.8 Å². The van der Waals surface area contributed by atoms with Gasteiger partial charge in [0.25, 0.3) is 0 Å². The van der Waals surface area contributed by atoms with Crippen molar-refractivity contribution in [1.29, 1.82) is 0 Å². The molecule has 0 amide bonds. The molecule has 0 aliphatic rings. The van der Waals surface area contributed by atoms with Crippen LogP contribution in [0.5, 0.6) is 0 Å². The van der Waals surface area contributed by atoms with Gasteiger partial charge in [0.15, 0.2) is 5.82 Å². The monoisotopic (exact) mass is 282 g/mol. The molecule has 0 aliphatic heterocycles. The zero-order valence-corrected chi connectivity index (χ0v) is 13.6. The van der Waals surface area contributed by atoms with Crippen LogP contribution in [0.3, 0.4) is 0 Å². The second-order valence-corrected chi connectivity index (χ2v) is 6.84. The molecule has 20 heavy (non-hydrogen) atoms. The second kappa shape index (κ2) is 7.74. The summed E-state index contributed by atoms with van der Waals surface area (Å²) in [7, 11) is 4.09. The summed E-state index contributed by atoms with van der Waals surface area (Å²) < 4.78 is 5.33. The fourth-order valence-corrected chi connectivity index (χ4v) is 2.33. The summed E-state index contributed by atoms with van der Waals surface area (Å²) in [4.78, 5) is 6.58. The van der Waals surface area contributed by atoms with Gasteiger partial charge in [-0.1, -0.05) is 25.9 Å². The van der Waals surface area contributed by atoms with E-state index in [1.165, 1.54) is 0 Å². The standard InChI is InChI=1S/C15H30N4O/c1-15(2,3)12(8-10-16)6-7-14-17-13(18-20-14)9-11-19(4)5/h12H,6-11,16H2,1-5H3. The Hall–Kier alpha value is -0.940. The summed E-state index contributed by atoms with van der Waals surface area (Å²) in [5.74, 6) is 2.15. The molecular formula is C15H30N4O. The van der Waals surface area contributed by atoms with Crippen LogP contribution in [0, 0.1) is 11.3 Å². The van der Waals surface area contributed by atoms with Crippen molar-refractivity contribution in [1.82, 2.24) is 15.0 Å². The van der Waals surface area contributed by atoms with Crippen LogP contribution in [0.1, 0.15) is 45.3 Å². The SMILES string of the molecule is CN(C)CCc1noc(CCC(CCN)C(C)(C)C)n1. The second-order valence-electron chi connectivity index (χ2n) is 6.84. The number of hydrogen-bond donors (Lipinski definition) is 1. The van der Waals surface area contributed by atoms with Crippen molar-refractivity contribution in [3.63, 3.8) is 0 Å². The van der Waals surface area contributed by atoms with Crippen molar-refractivity contribution in [2.45, 2.75) is 46.5 Å². The first kappa shape index (κ1) is 17.1. The van der Waals surface area contributed by atoms with E-state index in [0.29, 0.717) is 5.92 Å². The van der Waals surface area contributed by atoms with E-state index in [4.69, 9.17) is 10.3 Å². The molecular weight excluding hydrogens is 252 g/mol. The number of hydrogen-bond acceptors (Lipinski definition) is 5. The maximum absolute atomic E-state index is 5.71. The van der Waals surface area contributed by atoms with Crippen molar-refractivity contribution < 1.29 is 4.52 Å². The van der Waals surface area contributed by atoms with Crippen LogP contribution in [0.2, 0.25) is 0 Å². The molecule has 1 aromatic rings. The van der Waals surface area contributed by atoms with Gasteiger partial charge >= 0.3 is 0 Å². The van der Waals surface area contributed by atoms with E-state index >= 15 is 0 Å². The minimum absolute atomic E-state index is 0.271. The summed E-state index contributed by atoms with van der Waals surface area (Å²) >= 11 is 0. The van der Waals surface area contributed by atoms with Crippen molar-refractivity contribution in [2.75, 3.05) is 27.2 Å². The van der Waals surface area contributed by atoms with E-state index in [9.17, 15) is 0 Å². The third-order valence-electron chi connectivity index (χ3n) is 3.74. The highest BCUT2D eigenvalue weighted by Crippen LogP contribution is 2.31. The van der Waals surface area contributed by atoms with Crippen molar-refractivity contribution in [3.05, 3.63) is 11.7 Å². The molecule has 1 atom stereocenters. The van der Waals surface area contributed by atoms with Gasteiger partial charge in [0.05, 0.1) is 0 Å². The lowest BCUT2D eigenvalue weighted by Crippen LogP contribution is -2.24. The van der Waals surface area contributed by atoms with E-state index in [0.717, 1.165) is 50.5 Å². The summed E-state index contributed by atoms with van der Waals surface area (Å²) in [5, 5.41) is 4.04. The van der Waals surface area contributed by atoms with Crippen LogP contribution >= 0.6 is 0 Å². The number of likely N-dealkylation sites (N-methyl/N-ethyl adjacent to an activating group) is 1. The average molecular weight is 282 g/mol. The zero-order chi connectivity index (χ0) is 15.2. The van der Waals surface area contributed by atoms with Crippen LogP contribution in [-0.4, -0.2) is 42.2 Å². The first-order valence-electron chi connectivity index (χ1n) is 7.49. The normalized spacial score (nSPS) is 13.9. The lowest BCUT2D eigenvalue weighted by atomic mass is 9.76. The molecule has 2 N–H and O–H groups in total. The molecule has 1 heterocycles. The maximum atomic E-state index is 5.71. The van der Waals surface area contributed by atoms with Crippen LogP contribution in [-0.2, 0) is 12.8 Å². The smallest absolute Gasteiger partial charge is 0.226 e. The van der Waals surface area contributed by atoms with Crippen LogP contribution in [0.4, 0.5) is 0 Å². The highest BCUT2D eigenvalue weighted by Gasteiger charge is 2.24. The Bertz CT molecular complexity index is 381. The van der Waals surface area contributed by atoms with Gasteiger partial charge in [-0.2, -0.15) is 4.98 Å². The summed E-state index contributed by atoms with van der Waals surface area (Å²) in [6.07, 6.45) is 3.78. The predicted molar refractivity (Wildman–Crippen MR) is 81.5 cm³/mol. The highest BCUT2D eigenvalue weighted by molar-refractivity contribution is 4.88. The van der Waals surface area contributed by atoms with Gasteiger partial charge in [0, 0.05) is 19.4 Å². The average Bonchev–Trinajstić information content (AvgIpc) is 2.78. The van der Waals surface area contributed by atoms with Gasteiger partial charge in [-0.25, -0.2) is 0 Å². The van der Waals surface area contributed by atoms with Gasteiger partial charge < -0.3 is 15.2 Å². The molecule has 0 fully saturated rings. The molecule has 0 aliphatic carbocycles. The van der Waals surface area contributed by atoms with Crippen LogP contribution in [0.25, 0.3) is 0 Å². The van der Waals surface area contributed by atoms with Crippen molar-refractivity contribution >= 4 is 0 Å². The molecule has 0 saturated heterocycles. The maximum Gasteiger partial charge on any atom is 0.226 e. The first-order valence-corrected chi connectivity index (χ1v) is 7.49. The number of rotatable bonds is 8. The Morgan fingerprint density at radius 3 is 2.45 bits per heavy atom. The fourth-order valence-electron chi connectivity index (χ4n) is 2.33. The third kappa shape index (κ3) is 6.01. The van der Waals surface area contributed by atoms with Crippen molar-refractivity contribution in [2.24, 2.45) is 17.1 Å². The Kier molecular flexibility index (Phi) is 6.62. The van der Waals surface area contributed by atoms with E-state index < -0.39 is 0 Å². The molecule has 1 aromatic heterocycles. The topological polar surface area (TPSA) is 68.2 Å². The largest absolute Gasteiger partial charge is 0.339 e. The van der Waals surface area contributed by atoms with Gasteiger partial charge in [-0.3, -0.25) is 0 Å². The van der Waals surface area contributed by atoms with E-state index in [2.05, 4.69) is 35.8 Å². The van der Waals surface area contributed by atoms with Crippen LogP contribution in [0.15, 0.2) is 4.52 Å². The Morgan fingerprint density at radius 1 is 1.20 bits per heavy atom. The number of nitrogens with zero attached hydrogens (tertiary/aromatic N) is 3. The van der Waals surface area contributed by atoms with E-state index in [1.807, 2.05) is 14.1 Å². The first-order chi connectivity index (χ1) is 9.32. The molecule has 0 radical (unpaired) electrons. The molecule has 5 nitrogen and oxygen atoms in total. The quantitative estimate of drug-likeness (QED) is 0.791. The molecule has 116 valence electrons. The Balaban J connectivity index is 2.48. The Morgan fingerprint density at radius 2 is 1.90 bits per heavy atom. The van der Waals surface area contributed by atoms with E-state index in [-0.39, 0.29) is 5.41 Å². The number of nitrogens with two attached hydrogens (primary N) is 1.